The van der Waals surface area contributed by atoms with Crippen LogP contribution in [0.2, 0.25) is 0 Å². The van der Waals surface area contributed by atoms with Crippen molar-refractivity contribution < 1.29 is 19.4 Å². The largest absolute Gasteiger partial charge is 0.507 e. The first-order chi connectivity index (χ1) is 17.6. The lowest BCUT2D eigenvalue weighted by molar-refractivity contribution is 0.0748. The molecule has 2 amide bonds. The number of phenolic OH excluding ortho intramolecular Hbond substituents is 1. The molecule has 3 aromatic rings. The molecule has 0 unspecified atom stereocenters. The highest BCUT2D eigenvalue weighted by Gasteiger charge is 2.29. The number of phenols is 1. The quantitative estimate of drug-likeness (QED) is 0.454. The molecule has 0 saturated carbocycles. The fourth-order valence-electron chi connectivity index (χ4n) is 4.65. The lowest BCUT2D eigenvalue weighted by Gasteiger charge is -2.16. The maximum atomic E-state index is 13.5. The van der Waals surface area contributed by atoms with Gasteiger partial charge in [-0.3, -0.25) is 14.7 Å². The van der Waals surface area contributed by atoms with Gasteiger partial charge in [0.15, 0.2) is 5.90 Å². The van der Waals surface area contributed by atoms with Crippen molar-refractivity contribution in [2.75, 3.05) is 33.8 Å². The Morgan fingerprint density at radius 3 is 2.70 bits per heavy atom. The standard InChI is InChI=1S/C27H32N6O4/c1-27(2)15-37-24(29-27)12-22-19-10-20(23(34)11-21(19)30-31-22)26(36)33-13-17-6-5-16(9-18(17)14-33)25(35)28-7-8-32(3)4/h5-6,9-11,34H,7-8,12-15H2,1-4H3,(H,28,35)(H,30,31). The lowest BCUT2D eigenvalue weighted by Crippen LogP contribution is -2.31. The minimum Gasteiger partial charge on any atom is -0.507 e. The molecule has 2 aliphatic rings. The molecule has 0 aliphatic carbocycles. The Balaban J connectivity index is 1.33. The molecule has 10 nitrogen and oxygen atoms in total. The number of aromatic amines is 1. The van der Waals surface area contributed by atoms with Gasteiger partial charge in [0.1, 0.15) is 12.4 Å². The van der Waals surface area contributed by atoms with E-state index in [1.165, 1.54) is 6.07 Å². The predicted molar refractivity (Wildman–Crippen MR) is 140 cm³/mol. The minimum absolute atomic E-state index is 0.111. The van der Waals surface area contributed by atoms with Crippen LogP contribution in [-0.2, 0) is 24.2 Å². The van der Waals surface area contributed by atoms with Crippen molar-refractivity contribution >= 4 is 28.6 Å². The van der Waals surface area contributed by atoms with Crippen molar-refractivity contribution in [2.24, 2.45) is 4.99 Å². The molecule has 0 spiro atoms. The van der Waals surface area contributed by atoms with Crippen molar-refractivity contribution in [3.05, 3.63) is 58.3 Å². The van der Waals surface area contributed by atoms with Crippen molar-refractivity contribution in [1.29, 1.82) is 0 Å². The normalized spacial score (nSPS) is 16.1. The monoisotopic (exact) mass is 504 g/mol. The molecule has 0 fully saturated rings. The maximum Gasteiger partial charge on any atom is 0.258 e. The van der Waals surface area contributed by atoms with Crippen LogP contribution in [0.3, 0.4) is 0 Å². The Kier molecular flexibility index (Phi) is 6.36. The van der Waals surface area contributed by atoms with Crippen molar-refractivity contribution in [3.8, 4) is 5.75 Å². The summed E-state index contributed by atoms with van der Waals surface area (Å²) < 4.78 is 5.71. The first-order valence-electron chi connectivity index (χ1n) is 12.3. The van der Waals surface area contributed by atoms with Crippen LogP contribution in [0.25, 0.3) is 10.9 Å². The van der Waals surface area contributed by atoms with Crippen molar-refractivity contribution in [1.82, 2.24) is 25.3 Å². The van der Waals surface area contributed by atoms with Crippen LogP contribution in [0.1, 0.15) is 51.4 Å². The first kappa shape index (κ1) is 24.8. The number of rotatable bonds is 7. The van der Waals surface area contributed by atoms with Crippen LogP contribution < -0.4 is 5.32 Å². The molecule has 2 aromatic carbocycles. The van der Waals surface area contributed by atoms with Gasteiger partial charge in [0, 0.05) is 43.2 Å². The number of benzene rings is 2. The second-order valence-electron chi connectivity index (χ2n) is 10.6. The van der Waals surface area contributed by atoms with Crippen molar-refractivity contribution in [3.63, 3.8) is 0 Å². The van der Waals surface area contributed by atoms with Gasteiger partial charge in [0.25, 0.3) is 11.8 Å². The van der Waals surface area contributed by atoms with E-state index < -0.39 is 0 Å². The number of fused-ring (bicyclic) bond motifs is 2. The summed E-state index contributed by atoms with van der Waals surface area (Å²) in [5, 5.41) is 21.6. The molecular weight excluding hydrogens is 472 g/mol. The molecule has 37 heavy (non-hydrogen) atoms. The van der Waals surface area contributed by atoms with E-state index in [0.29, 0.717) is 55.3 Å². The fraction of sp³-hybridized carbons (Fsp3) is 0.407. The highest BCUT2D eigenvalue weighted by atomic mass is 16.5. The van der Waals surface area contributed by atoms with Crippen molar-refractivity contribution in [2.45, 2.75) is 38.9 Å². The summed E-state index contributed by atoms with van der Waals surface area (Å²) in [6, 6.07) is 8.73. The molecule has 3 N–H and O–H groups in total. The third-order valence-electron chi connectivity index (χ3n) is 6.65. The van der Waals surface area contributed by atoms with E-state index in [4.69, 9.17) is 4.74 Å². The number of ether oxygens (including phenoxy) is 1. The van der Waals surface area contributed by atoms with E-state index in [2.05, 4.69) is 20.5 Å². The Morgan fingerprint density at radius 1 is 1.19 bits per heavy atom. The van der Waals surface area contributed by atoms with E-state index >= 15 is 0 Å². The number of hydrogen-bond acceptors (Lipinski definition) is 7. The van der Waals surface area contributed by atoms with Gasteiger partial charge in [0.2, 0.25) is 0 Å². The summed E-state index contributed by atoms with van der Waals surface area (Å²) in [6.45, 7) is 6.61. The summed E-state index contributed by atoms with van der Waals surface area (Å²) in [6.07, 6.45) is 0.399. The molecule has 0 saturated heterocycles. The molecule has 0 bridgehead atoms. The topological polar surface area (TPSA) is 123 Å². The highest BCUT2D eigenvalue weighted by molar-refractivity contribution is 6.02. The zero-order chi connectivity index (χ0) is 26.3. The molecule has 1 aromatic heterocycles. The SMILES string of the molecule is CN(C)CCNC(=O)c1ccc2c(c1)CN(C(=O)c1cc3c(CC4=NC(C)(C)CO4)n[nH]c3cc1O)C2. The van der Waals surface area contributed by atoms with Gasteiger partial charge < -0.3 is 25.0 Å². The molecular formula is C27H32N6O4. The maximum absolute atomic E-state index is 13.5. The summed E-state index contributed by atoms with van der Waals surface area (Å²) in [4.78, 5) is 34.3. The number of aromatic nitrogens is 2. The number of hydrogen-bond donors (Lipinski definition) is 3. The van der Waals surface area contributed by atoms with Gasteiger partial charge in [-0.05, 0) is 57.3 Å². The summed E-state index contributed by atoms with van der Waals surface area (Å²) >= 11 is 0. The summed E-state index contributed by atoms with van der Waals surface area (Å²) in [7, 11) is 3.91. The molecule has 0 atom stereocenters. The average molecular weight is 505 g/mol. The Morgan fingerprint density at radius 2 is 1.97 bits per heavy atom. The number of aliphatic imine (C=N–C) groups is 1. The molecule has 10 heteroatoms. The second kappa shape index (κ2) is 9.51. The fourth-order valence-corrected chi connectivity index (χ4v) is 4.65. The zero-order valence-corrected chi connectivity index (χ0v) is 21.6. The third-order valence-corrected chi connectivity index (χ3v) is 6.65. The highest BCUT2D eigenvalue weighted by Crippen LogP contribution is 2.31. The van der Waals surface area contributed by atoms with E-state index in [-0.39, 0.29) is 28.7 Å². The molecule has 3 heterocycles. The van der Waals surface area contributed by atoms with Crippen LogP contribution >= 0.6 is 0 Å². The first-order valence-corrected chi connectivity index (χ1v) is 12.3. The van der Waals surface area contributed by atoms with Gasteiger partial charge in [-0.15, -0.1) is 0 Å². The minimum atomic E-state index is -0.282. The van der Waals surface area contributed by atoms with Crippen LogP contribution in [0, 0.1) is 0 Å². The molecule has 5 rings (SSSR count). The number of carbonyl (C=O) groups is 2. The van der Waals surface area contributed by atoms with Gasteiger partial charge in [-0.25, -0.2) is 4.99 Å². The molecule has 194 valence electrons. The summed E-state index contributed by atoms with van der Waals surface area (Å²) in [5.41, 5.74) is 3.77. The van der Waals surface area contributed by atoms with Crippen LogP contribution in [-0.4, -0.2) is 82.1 Å². The van der Waals surface area contributed by atoms with Gasteiger partial charge in [-0.1, -0.05) is 6.07 Å². The zero-order valence-electron chi connectivity index (χ0n) is 21.6. The Labute approximate surface area is 215 Å². The Bertz CT molecular complexity index is 1410. The molecule has 2 aliphatic heterocycles. The van der Waals surface area contributed by atoms with Crippen LogP contribution in [0.5, 0.6) is 5.75 Å². The number of nitrogens with one attached hydrogen (secondary N) is 2. The van der Waals surface area contributed by atoms with E-state index in [0.717, 1.165) is 23.1 Å². The number of likely N-dealkylation sites (N-methyl/N-ethyl adjacent to an activating group) is 1. The average Bonchev–Trinajstić information content (AvgIpc) is 3.53. The smallest absolute Gasteiger partial charge is 0.258 e. The van der Waals surface area contributed by atoms with Gasteiger partial charge >= 0.3 is 0 Å². The van der Waals surface area contributed by atoms with Gasteiger partial charge in [-0.2, -0.15) is 5.10 Å². The number of carbonyl (C=O) groups excluding carboxylic acids is 2. The van der Waals surface area contributed by atoms with Crippen LogP contribution in [0.15, 0.2) is 35.3 Å². The Hall–Kier alpha value is -3.92. The van der Waals surface area contributed by atoms with E-state index in [1.807, 2.05) is 45.0 Å². The number of amides is 2. The third kappa shape index (κ3) is 5.15. The van der Waals surface area contributed by atoms with E-state index in [1.54, 1.807) is 17.0 Å². The van der Waals surface area contributed by atoms with E-state index in [9.17, 15) is 14.7 Å². The number of nitrogens with zero attached hydrogens (tertiary/aromatic N) is 4. The lowest BCUT2D eigenvalue weighted by atomic mass is 10.1. The second-order valence-corrected chi connectivity index (χ2v) is 10.6. The van der Waals surface area contributed by atoms with Crippen LogP contribution in [0.4, 0.5) is 0 Å². The molecule has 0 radical (unpaired) electrons. The predicted octanol–water partition coefficient (Wildman–Crippen LogP) is 2.47. The number of aromatic hydroxyl groups is 1. The number of H-pyrrole nitrogens is 1. The summed E-state index contributed by atoms with van der Waals surface area (Å²) in [5.74, 6) is 0.0793. The van der Waals surface area contributed by atoms with Gasteiger partial charge in [0.05, 0.1) is 28.7 Å².